The van der Waals surface area contributed by atoms with Crippen LogP contribution in [0, 0.1) is 19.8 Å². The van der Waals surface area contributed by atoms with Crippen molar-refractivity contribution >= 4 is 18.0 Å². The number of aromatic nitrogens is 1. The van der Waals surface area contributed by atoms with Crippen LogP contribution in [0.3, 0.4) is 0 Å². The zero-order chi connectivity index (χ0) is 15.2. The second-order valence-corrected chi connectivity index (χ2v) is 6.14. The van der Waals surface area contributed by atoms with Crippen LogP contribution < -0.4 is 10.2 Å². The fraction of sp³-hybridized carbons (Fsp3) is 0.667. The highest BCUT2D eigenvalue weighted by atomic mass is 16.4. The Morgan fingerprint density at radius 2 is 2.00 bits per heavy atom. The molecular formula is C15H21N3O3. The Morgan fingerprint density at radius 1 is 1.33 bits per heavy atom. The summed E-state index contributed by atoms with van der Waals surface area (Å²) in [4.78, 5) is 30.2. The minimum Gasteiger partial charge on any atom is -0.428 e. The van der Waals surface area contributed by atoms with Crippen LogP contribution in [0.2, 0.25) is 0 Å². The molecule has 2 fully saturated rings. The molecule has 1 aromatic heterocycles. The van der Waals surface area contributed by atoms with Crippen molar-refractivity contribution in [1.29, 1.82) is 0 Å². The number of anilines is 1. The number of carbonyl (C=O) groups is 2. The van der Waals surface area contributed by atoms with Gasteiger partial charge in [0, 0.05) is 0 Å². The third-order valence-electron chi connectivity index (χ3n) is 4.91. The highest BCUT2D eigenvalue weighted by Crippen LogP contribution is 2.38. The first-order chi connectivity index (χ1) is 9.97. The van der Waals surface area contributed by atoms with Gasteiger partial charge >= 0.3 is 12.0 Å². The van der Waals surface area contributed by atoms with Crippen LogP contribution >= 0.6 is 0 Å². The molecule has 3 amide bonds. The number of hydrogen-bond donors (Lipinski definition) is 1. The van der Waals surface area contributed by atoms with E-state index in [9.17, 15) is 9.59 Å². The fourth-order valence-electron chi connectivity index (χ4n) is 3.26. The van der Waals surface area contributed by atoms with Crippen molar-refractivity contribution < 1.29 is 14.0 Å². The summed E-state index contributed by atoms with van der Waals surface area (Å²) in [6.07, 6.45) is 4.47. The van der Waals surface area contributed by atoms with Gasteiger partial charge in [0.25, 0.3) is 5.91 Å². The lowest BCUT2D eigenvalue weighted by Crippen LogP contribution is -2.49. The summed E-state index contributed by atoms with van der Waals surface area (Å²) >= 11 is 0. The lowest BCUT2D eigenvalue weighted by molar-refractivity contribution is -0.123. The first-order valence-electron chi connectivity index (χ1n) is 7.57. The third kappa shape index (κ3) is 2.13. The number of aryl methyl sites for hydroxylation is 2. The smallest absolute Gasteiger partial charge is 0.333 e. The number of rotatable bonds is 2. The highest BCUT2D eigenvalue weighted by Gasteiger charge is 2.54. The number of imide groups is 1. The Balaban J connectivity index is 1.86. The predicted octanol–water partition coefficient (Wildman–Crippen LogP) is 2.69. The molecule has 2 heterocycles. The van der Waals surface area contributed by atoms with E-state index in [0.29, 0.717) is 30.2 Å². The van der Waals surface area contributed by atoms with E-state index >= 15 is 0 Å². The van der Waals surface area contributed by atoms with Gasteiger partial charge in [0.05, 0.1) is 5.69 Å². The monoisotopic (exact) mass is 291 g/mol. The van der Waals surface area contributed by atoms with E-state index in [0.717, 1.165) is 24.2 Å². The summed E-state index contributed by atoms with van der Waals surface area (Å²) in [5, 5.41) is 2.88. The molecule has 0 aromatic carbocycles. The molecule has 1 aromatic rings. The molecule has 114 valence electrons. The van der Waals surface area contributed by atoms with Crippen molar-refractivity contribution in [3.05, 3.63) is 11.5 Å². The van der Waals surface area contributed by atoms with Gasteiger partial charge < -0.3 is 9.73 Å². The Labute approximate surface area is 123 Å². The van der Waals surface area contributed by atoms with Crippen molar-refractivity contribution in [2.45, 2.75) is 58.4 Å². The van der Waals surface area contributed by atoms with E-state index in [1.54, 1.807) is 13.8 Å². The maximum absolute atomic E-state index is 12.8. The molecule has 2 aliphatic rings. The fourth-order valence-corrected chi connectivity index (χ4v) is 3.26. The molecule has 0 radical (unpaired) electrons. The van der Waals surface area contributed by atoms with Crippen LogP contribution in [-0.4, -0.2) is 22.5 Å². The Kier molecular flexibility index (Phi) is 3.26. The number of amides is 3. The van der Waals surface area contributed by atoms with Crippen LogP contribution in [0.25, 0.3) is 0 Å². The summed E-state index contributed by atoms with van der Waals surface area (Å²) in [5.74, 6) is 1.06. The Bertz CT molecular complexity index is 565. The molecule has 21 heavy (non-hydrogen) atoms. The molecule has 1 saturated carbocycles. The maximum atomic E-state index is 12.8. The number of nitrogens with zero attached hydrogens (tertiary/aromatic N) is 2. The van der Waals surface area contributed by atoms with Crippen molar-refractivity contribution in [3.63, 3.8) is 0 Å². The average molecular weight is 291 g/mol. The minimum absolute atomic E-state index is 0.0852. The molecule has 6 nitrogen and oxygen atoms in total. The molecule has 1 aliphatic heterocycles. The van der Waals surface area contributed by atoms with Crippen LogP contribution in [-0.2, 0) is 4.79 Å². The van der Waals surface area contributed by atoms with E-state index in [1.165, 1.54) is 0 Å². The third-order valence-corrected chi connectivity index (χ3v) is 4.91. The van der Waals surface area contributed by atoms with Gasteiger partial charge in [0.2, 0.25) is 0 Å². The average Bonchev–Trinajstić information content (AvgIpc) is 2.90. The molecule has 1 aliphatic carbocycles. The standard InChI is InChI=1S/C15H21N3O3/c1-4-11-5-7-15(8-6-11)12(19)18(13(20)17-15)14-16-9(2)10(3)21-14/h11H,4-8H2,1-3H3,(H,17,20). The van der Waals surface area contributed by atoms with Crippen LogP contribution in [0.4, 0.5) is 10.8 Å². The van der Waals surface area contributed by atoms with Gasteiger partial charge in [0.1, 0.15) is 11.3 Å². The van der Waals surface area contributed by atoms with Gasteiger partial charge in [-0.25, -0.2) is 4.79 Å². The van der Waals surface area contributed by atoms with Gasteiger partial charge in [0.15, 0.2) is 0 Å². The van der Waals surface area contributed by atoms with Crippen LogP contribution in [0.1, 0.15) is 50.5 Å². The van der Waals surface area contributed by atoms with E-state index in [-0.39, 0.29) is 11.9 Å². The minimum atomic E-state index is -0.751. The zero-order valence-electron chi connectivity index (χ0n) is 12.7. The summed E-state index contributed by atoms with van der Waals surface area (Å²) < 4.78 is 5.45. The summed E-state index contributed by atoms with van der Waals surface area (Å²) in [5.41, 5.74) is -0.0554. The van der Waals surface area contributed by atoms with Gasteiger partial charge in [-0.3, -0.25) is 4.79 Å². The molecular weight excluding hydrogens is 270 g/mol. The SMILES string of the molecule is CCC1CCC2(CC1)NC(=O)N(c1nc(C)c(C)o1)C2=O. The van der Waals surface area contributed by atoms with Gasteiger partial charge in [-0.05, 0) is 45.4 Å². The van der Waals surface area contributed by atoms with Crippen molar-refractivity contribution in [2.75, 3.05) is 4.90 Å². The van der Waals surface area contributed by atoms with E-state index in [1.807, 2.05) is 0 Å². The highest BCUT2D eigenvalue weighted by molar-refractivity contribution is 6.22. The zero-order valence-corrected chi connectivity index (χ0v) is 12.7. The molecule has 1 N–H and O–H groups in total. The topological polar surface area (TPSA) is 75.4 Å². The number of carbonyl (C=O) groups excluding carboxylic acids is 2. The molecule has 6 heteroatoms. The molecule has 0 unspecified atom stereocenters. The van der Waals surface area contributed by atoms with Gasteiger partial charge in [-0.1, -0.05) is 13.3 Å². The quantitative estimate of drug-likeness (QED) is 0.850. The number of nitrogens with one attached hydrogen (secondary N) is 1. The second-order valence-electron chi connectivity index (χ2n) is 6.14. The van der Waals surface area contributed by atoms with E-state index in [2.05, 4.69) is 17.2 Å². The van der Waals surface area contributed by atoms with Crippen LogP contribution in [0.5, 0.6) is 0 Å². The van der Waals surface area contributed by atoms with E-state index in [4.69, 9.17) is 4.42 Å². The molecule has 1 spiro atoms. The second kappa shape index (κ2) is 4.86. The number of hydrogen-bond acceptors (Lipinski definition) is 4. The summed E-state index contributed by atoms with van der Waals surface area (Å²) in [6, 6.07) is -0.335. The number of urea groups is 1. The van der Waals surface area contributed by atoms with Gasteiger partial charge in [-0.15, -0.1) is 0 Å². The van der Waals surface area contributed by atoms with Crippen molar-refractivity contribution in [3.8, 4) is 0 Å². The molecule has 0 atom stereocenters. The Morgan fingerprint density at radius 3 is 2.52 bits per heavy atom. The molecule has 1 saturated heterocycles. The van der Waals surface area contributed by atoms with Crippen molar-refractivity contribution in [2.24, 2.45) is 5.92 Å². The normalized spacial score (nSPS) is 29.3. The first kappa shape index (κ1) is 14.1. The van der Waals surface area contributed by atoms with Gasteiger partial charge in [-0.2, -0.15) is 9.88 Å². The van der Waals surface area contributed by atoms with Crippen molar-refractivity contribution in [1.82, 2.24) is 10.3 Å². The molecule has 0 bridgehead atoms. The molecule has 3 rings (SSSR count). The van der Waals surface area contributed by atoms with E-state index < -0.39 is 11.6 Å². The predicted molar refractivity (Wildman–Crippen MR) is 77.0 cm³/mol. The lowest BCUT2D eigenvalue weighted by atomic mass is 9.75. The summed E-state index contributed by atoms with van der Waals surface area (Å²) in [6.45, 7) is 5.73. The largest absolute Gasteiger partial charge is 0.428 e. The summed E-state index contributed by atoms with van der Waals surface area (Å²) in [7, 11) is 0. The lowest BCUT2D eigenvalue weighted by Gasteiger charge is -2.34. The van der Waals surface area contributed by atoms with Crippen LogP contribution in [0.15, 0.2) is 4.42 Å². The maximum Gasteiger partial charge on any atom is 0.333 e. The Hall–Kier alpha value is -1.85. The first-order valence-corrected chi connectivity index (χ1v) is 7.57. The number of oxazole rings is 1.